The predicted molar refractivity (Wildman–Crippen MR) is 70.0 cm³/mol. The monoisotopic (exact) mass is 272 g/mol. The summed E-state index contributed by atoms with van der Waals surface area (Å²) in [5.41, 5.74) is 5.65. The van der Waals surface area contributed by atoms with E-state index in [0.717, 1.165) is 18.1 Å². The van der Waals surface area contributed by atoms with Gasteiger partial charge in [0, 0.05) is 6.54 Å². The summed E-state index contributed by atoms with van der Waals surface area (Å²) >= 11 is 0. The fourth-order valence-electron chi connectivity index (χ4n) is 1.38. The summed E-state index contributed by atoms with van der Waals surface area (Å²) in [6.07, 6.45) is 1.96. The van der Waals surface area contributed by atoms with Crippen molar-refractivity contribution in [3.05, 3.63) is 0 Å². The smallest absolute Gasteiger partial charge is 0.284 e. The summed E-state index contributed by atoms with van der Waals surface area (Å²) in [5, 5.41) is 2.56. The molecule has 0 atom stereocenters. The van der Waals surface area contributed by atoms with E-state index in [9.17, 15) is 0 Å². The van der Waals surface area contributed by atoms with Crippen LogP contribution in [0.3, 0.4) is 0 Å². The maximum absolute atomic E-state index is 5.65. The van der Waals surface area contributed by atoms with Gasteiger partial charge in [-0.25, -0.2) is 14.7 Å². The van der Waals surface area contributed by atoms with Gasteiger partial charge in [0.2, 0.25) is 5.95 Å². The number of hydrogen-bond acceptors (Lipinski definition) is 9. The van der Waals surface area contributed by atoms with Gasteiger partial charge in [-0.05, 0) is 6.42 Å². The van der Waals surface area contributed by atoms with Gasteiger partial charge in [-0.3, -0.25) is 4.84 Å². The Balaban J connectivity index is 2.99. The molecule has 9 heteroatoms. The van der Waals surface area contributed by atoms with E-state index >= 15 is 0 Å². The van der Waals surface area contributed by atoms with Gasteiger partial charge in [0.15, 0.2) is 0 Å². The number of hydrogen-bond donors (Lipinski definition) is 1. The van der Waals surface area contributed by atoms with Gasteiger partial charge in [0.1, 0.15) is 0 Å². The zero-order valence-corrected chi connectivity index (χ0v) is 11.7. The van der Waals surface area contributed by atoms with Crippen molar-refractivity contribution in [1.82, 2.24) is 15.0 Å². The molecule has 0 fully saturated rings. The lowest BCUT2D eigenvalue weighted by Crippen LogP contribution is -2.28. The molecule has 0 amide bonds. The first-order valence-electron chi connectivity index (χ1n) is 5.87. The lowest BCUT2D eigenvalue weighted by molar-refractivity contribution is -0.0471. The third-order valence-corrected chi connectivity index (χ3v) is 2.28. The Morgan fingerprint density at radius 3 is 2.16 bits per heavy atom. The summed E-state index contributed by atoms with van der Waals surface area (Å²) < 4.78 is 0. The Morgan fingerprint density at radius 2 is 1.63 bits per heavy atom. The minimum Gasteiger partial charge on any atom is -0.368 e. The highest BCUT2D eigenvalue weighted by molar-refractivity contribution is 5.39. The predicted octanol–water partition coefficient (Wildman–Crippen LogP) is 0.551. The molecule has 0 saturated carbocycles. The van der Waals surface area contributed by atoms with Crippen molar-refractivity contribution < 1.29 is 14.5 Å². The van der Waals surface area contributed by atoms with Crippen LogP contribution in [0.15, 0.2) is 0 Å². The van der Waals surface area contributed by atoms with E-state index in [1.165, 1.54) is 19.3 Å². The molecule has 1 rings (SSSR count). The van der Waals surface area contributed by atoms with Crippen LogP contribution < -0.4 is 16.0 Å². The number of nitrogens with two attached hydrogens (primary N) is 1. The normalized spacial score (nSPS) is 10.5. The van der Waals surface area contributed by atoms with Crippen LogP contribution in [0.25, 0.3) is 0 Å². The van der Waals surface area contributed by atoms with E-state index in [1.807, 2.05) is 0 Å². The van der Waals surface area contributed by atoms with Crippen molar-refractivity contribution in [3.8, 4) is 0 Å². The molecule has 2 N–H and O–H groups in total. The van der Waals surface area contributed by atoms with Crippen LogP contribution in [0.1, 0.15) is 19.8 Å². The van der Waals surface area contributed by atoms with Crippen LogP contribution in [0.2, 0.25) is 0 Å². The van der Waals surface area contributed by atoms with E-state index < -0.39 is 0 Å². The molecule has 1 heterocycles. The molecular formula is C10H20N6O3. The molecule has 0 aromatic carbocycles. The van der Waals surface area contributed by atoms with Gasteiger partial charge in [0.05, 0.1) is 21.3 Å². The largest absolute Gasteiger partial charge is 0.368 e. The minimum absolute atomic E-state index is 0.0534. The number of rotatable bonds is 8. The van der Waals surface area contributed by atoms with Crippen LogP contribution >= 0.6 is 0 Å². The lowest BCUT2D eigenvalue weighted by atomic mass is 10.3. The molecule has 1 aromatic heterocycles. The highest BCUT2D eigenvalue weighted by Gasteiger charge is 2.16. The molecule has 0 aliphatic heterocycles. The standard InChI is InChI=1S/C10H20N6O3/c1-5-6-7-15(17-2)9-12-8(11)13-10(14-9)16(18-3)19-4/h5-7H2,1-4H3,(H2,11,12,13,14). The van der Waals surface area contributed by atoms with E-state index in [2.05, 4.69) is 21.9 Å². The Labute approximate surface area is 112 Å². The van der Waals surface area contributed by atoms with Crippen LogP contribution in [-0.4, -0.2) is 42.8 Å². The van der Waals surface area contributed by atoms with Crippen molar-refractivity contribution in [2.45, 2.75) is 19.8 Å². The van der Waals surface area contributed by atoms with Crippen LogP contribution in [-0.2, 0) is 14.5 Å². The molecule has 1 aromatic rings. The molecule has 108 valence electrons. The Hall–Kier alpha value is -1.71. The third-order valence-electron chi connectivity index (χ3n) is 2.28. The molecule has 0 bridgehead atoms. The van der Waals surface area contributed by atoms with Crippen LogP contribution in [0.4, 0.5) is 17.8 Å². The first-order valence-corrected chi connectivity index (χ1v) is 5.87. The summed E-state index contributed by atoms with van der Waals surface area (Å²) in [7, 11) is 4.39. The number of nitrogen functional groups attached to an aromatic ring is 1. The lowest BCUT2D eigenvalue weighted by Gasteiger charge is -2.21. The minimum atomic E-state index is 0.0534. The topological polar surface area (TPSA) is 98.9 Å². The van der Waals surface area contributed by atoms with Crippen molar-refractivity contribution in [2.75, 3.05) is 43.9 Å². The van der Waals surface area contributed by atoms with Gasteiger partial charge in [0.25, 0.3) is 11.9 Å². The zero-order valence-electron chi connectivity index (χ0n) is 11.7. The number of aromatic nitrogens is 3. The quantitative estimate of drug-likeness (QED) is 0.680. The zero-order chi connectivity index (χ0) is 14.3. The molecule has 0 unspecified atom stereocenters. The highest BCUT2D eigenvalue weighted by atomic mass is 16.9. The maximum atomic E-state index is 5.65. The molecule has 19 heavy (non-hydrogen) atoms. The van der Waals surface area contributed by atoms with E-state index in [0.29, 0.717) is 12.5 Å². The van der Waals surface area contributed by atoms with Gasteiger partial charge < -0.3 is 5.73 Å². The molecule has 0 saturated heterocycles. The second kappa shape index (κ2) is 7.67. The molecule has 0 spiro atoms. The Morgan fingerprint density at radius 1 is 1.00 bits per heavy atom. The molecule has 0 aliphatic carbocycles. The van der Waals surface area contributed by atoms with Gasteiger partial charge in [-0.2, -0.15) is 15.0 Å². The molecule has 9 nitrogen and oxygen atoms in total. The second-order valence-corrected chi connectivity index (χ2v) is 3.55. The number of nitrogens with zero attached hydrogens (tertiary/aromatic N) is 5. The summed E-state index contributed by atoms with van der Waals surface area (Å²) in [6.45, 7) is 2.73. The van der Waals surface area contributed by atoms with Crippen molar-refractivity contribution in [3.63, 3.8) is 0 Å². The average Bonchev–Trinajstić information content (AvgIpc) is 2.40. The van der Waals surface area contributed by atoms with Gasteiger partial charge in [-0.1, -0.05) is 18.6 Å². The third kappa shape index (κ3) is 4.16. The van der Waals surface area contributed by atoms with Gasteiger partial charge in [-0.15, -0.1) is 0 Å². The van der Waals surface area contributed by atoms with Gasteiger partial charge >= 0.3 is 0 Å². The summed E-state index contributed by atoms with van der Waals surface area (Å²) in [6, 6.07) is 0. The molecule has 0 radical (unpaired) electrons. The number of anilines is 3. The van der Waals surface area contributed by atoms with E-state index in [-0.39, 0.29) is 11.9 Å². The van der Waals surface area contributed by atoms with Crippen molar-refractivity contribution in [2.24, 2.45) is 0 Å². The second-order valence-electron chi connectivity index (χ2n) is 3.55. The maximum Gasteiger partial charge on any atom is 0.284 e. The Bertz CT molecular complexity index is 388. The average molecular weight is 272 g/mol. The summed E-state index contributed by atoms with van der Waals surface area (Å²) in [4.78, 5) is 27.2. The highest BCUT2D eigenvalue weighted by Crippen LogP contribution is 2.16. The van der Waals surface area contributed by atoms with Crippen LogP contribution in [0.5, 0.6) is 0 Å². The van der Waals surface area contributed by atoms with Crippen molar-refractivity contribution >= 4 is 17.8 Å². The van der Waals surface area contributed by atoms with Crippen LogP contribution in [0, 0.1) is 0 Å². The van der Waals surface area contributed by atoms with E-state index in [1.54, 1.807) is 7.11 Å². The molecule has 0 aliphatic rings. The molecular weight excluding hydrogens is 252 g/mol. The first-order chi connectivity index (χ1) is 9.15. The first kappa shape index (κ1) is 15.3. The van der Waals surface area contributed by atoms with E-state index in [4.69, 9.17) is 20.2 Å². The number of unbranched alkanes of at least 4 members (excludes halogenated alkanes) is 1. The summed E-state index contributed by atoms with van der Waals surface area (Å²) in [5.74, 6) is 0.501. The van der Waals surface area contributed by atoms with Crippen molar-refractivity contribution in [1.29, 1.82) is 0 Å². The fraction of sp³-hybridized carbons (Fsp3) is 0.700. The Kier molecular flexibility index (Phi) is 6.19. The number of hydroxylamine groups is 1. The fourth-order valence-corrected chi connectivity index (χ4v) is 1.38. The SMILES string of the molecule is CCCCN(OC)c1nc(N)nc(N(OC)OC)n1.